The van der Waals surface area contributed by atoms with E-state index in [1.54, 1.807) is 36.2 Å². The van der Waals surface area contributed by atoms with Crippen LogP contribution in [0.4, 0.5) is 22.1 Å². The number of urea groups is 1. The fourth-order valence-electron chi connectivity index (χ4n) is 3.51. The van der Waals surface area contributed by atoms with Gasteiger partial charge in [-0.1, -0.05) is 12.0 Å². The van der Waals surface area contributed by atoms with E-state index in [0.29, 0.717) is 11.6 Å². The first-order valence-corrected chi connectivity index (χ1v) is 9.12. The Morgan fingerprint density at radius 2 is 2.18 bits per heavy atom. The fourth-order valence-corrected chi connectivity index (χ4v) is 3.51. The Morgan fingerprint density at radius 1 is 1.29 bits per heavy atom. The first-order valence-electron chi connectivity index (χ1n) is 9.12. The number of amides is 3. The van der Waals surface area contributed by atoms with Crippen molar-refractivity contribution < 1.29 is 9.59 Å². The molecule has 0 aromatic carbocycles. The second-order valence-electron chi connectivity index (χ2n) is 6.55. The highest BCUT2D eigenvalue weighted by molar-refractivity contribution is 6.05. The number of aromatic nitrogens is 2. The lowest BCUT2D eigenvalue weighted by Gasteiger charge is -2.35. The molecule has 1 saturated heterocycles. The Kier molecular flexibility index (Phi) is 4.81. The molecule has 4 rings (SSSR count). The number of anilines is 3. The van der Waals surface area contributed by atoms with Crippen LogP contribution in [0.1, 0.15) is 23.8 Å². The van der Waals surface area contributed by atoms with Crippen molar-refractivity contribution in [1.82, 2.24) is 15.3 Å². The average molecular weight is 376 g/mol. The molecule has 2 aliphatic rings. The Bertz CT molecular complexity index is 966. The van der Waals surface area contributed by atoms with Gasteiger partial charge in [-0.3, -0.25) is 15.0 Å². The van der Waals surface area contributed by atoms with Crippen LogP contribution in [-0.2, 0) is 0 Å². The molecule has 8 heteroatoms. The first kappa shape index (κ1) is 17.8. The smallest absolute Gasteiger partial charge is 0.329 e. The Hall–Kier alpha value is -3.60. The summed E-state index contributed by atoms with van der Waals surface area (Å²) in [5.41, 5.74) is 1.12. The summed E-state index contributed by atoms with van der Waals surface area (Å²) in [6.45, 7) is 3.57. The number of hydrogen-bond acceptors (Lipinski definition) is 5. The number of nitrogens with one attached hydrogen (secondary N) is 2. The van der Waals surface area contributed by atoms with Gasteiger partial charge >= 0.3 is 6.03 Å². The van der Waals surface area contributed by atoms with E-state index in [1.807, 2.05) is 12.1 Å². The molecule has 2 aromatic rings. The van der Waals surface area contributed by atoms with Crippen LogP contribution in [0.5, 0.6) is 0 Å². The van der Waals surface area contributed by atoms with Crippen LogP contribution in [0, 0.1) is 11.8 Å². The molecule has 0 aliphatic carbocycles. The summed E-state index contributed by atoms with van der Waals surface area (Å²) in [6, 6.07) is 8.57. The van der Waals surface area contributed by atoms with Crippen LogP contribution < -0.4 is 20.4 Å². The number of rotatable bonds is 3. The Morgan fingerprint density at radius 3 is 2.96 bits per heavy atom. The topological polar surface area (TPSA) is 90.5 Å². The van der Waals surface area contributed by atoms with Crippen molar-refractivity contribution in [3.8, 4) is 11.8 Å². The summed E-state index contributed by atoms with van der Waals surface area (Å²) < 4.78 is 0. The molecule has 3 amide bonds. The van der Waals surface area contributed by atoms with Crippen molar-refractivity contribution >= 4 is 29.3 Å². The zero-order valence-corrected chi connectivity index (χ0v) is 15.5. The van der Waals surface area contributed by atoms with E-state index in [9.17, 15) is 9.59 Å². The lowest BCUT2D eigenvalue weighted by Crippen LogP contribution is -2.48. The molecular weight excluding hydrogens is 356 g/mol. The molecule has 2 aliphatic heterocycles. The lowest BCUT2D eigenvalue weighted by molar-refractivity contribution is 0.0953. The molecule has 2 aromatic heterocycles. The van der Waals surface area contributed by atoms with E-state index in [2.05, 4.69) is 37.3 Å². The minimum atomic E-state index is -0.316. The van der Waals surface area contributed by atoms with Crippen LogP contribution >= 0.6 is 0 Å². The largest absolute Gasteiger partial charge is 0.366 e. The van der Waals surface area contributed by atoms with Crippen LogP contribution in [-0.4, -0.2) is 47.6 Å². The maximum absolute atomic E-state index is 13.0. The lowest BCUT2D eigenvalue weighted by atomic mass is 10.1. The van der Waals surface area contributed by atoms with Gasteiger partial charge in [-0.25, -0.2) is 14.8 Å². The average Bonchev–Trinajstić information content (AvgIpc) is 3.13. The quantitative estimate of drug-likeness (QED) is 0.798. The molecule has 0 saturated carbocycles. The van der Waals surface area contributed by atoms with Gasteiger partial charge in [-0.2, -0.15) is 0 Å². The van der Waals surface area contributed by atoms with E-state index in [-0.39, 0.29) is 30.2 Å². The third-order valence-corrected chi connectivity index (χ3v) is 4.82. The van der Waals surface area contributed by atoms with Crippen LogP contribution in [0.2, 0.25) is 0 Å². The number of carbonyl (C=O) groups excluding carboxylic acids is 2. The molecule has 4 heterocycles. The standard InChI is InChI=1S/C20H20N6O2/c1-2-3-10-22-19(27)15-7-8-16-18(23-15)26(14-9-12-25(16)13-14)20(28)24-17-6-4-5-11-21-17/h4-8,11,14H,9-10,12-13H2,1H3,(H,22,27)(H,21,24,28)/t14-/m0/s1. The molecule has 1 atom stereocenters. The number of nitrogens with zero attached hydrogens (tertiary/aromatic N) is 4. The van der Waals surface area contributed by atoms with Crippen LogP contribution in [0.15, 0.2) is 36.5 Å². The number of carbonyl (C=O) groups is 2. The predicted molar refractivity (Wildman–Crippen MR) is 106 cm³/mol. The summed E-state index contributed by atoms with van der Waals surface area (Å²) in [7, 11) is 0. The van der Waals surface area contributed by atoms with Gasteiger partial charge in [-0.15, -0.1) is 5.92 Å². The van der Waals surface area contributed by atoms with Gasteiger partial charge < -0.3 is 10.2 Å². The van der Waals surface area contributed by atoms with E-state index in [0.717, 1.165) is 25.2 Å². The highest BCUT2D eigenvalue weighted by atomic mass is 16.2. The van der Waals surface area contributed by atoms with Crippen molar-refractivity contribution in [2.45, 2.75) is 19.4 Å². The molecule has 0 spiro atoms. The second kappa shape index (κ2) is 7.56. The normalized spacial score (nSPS) is 16.7. The predicted octanol–water partition coefficient (Wildman–Crippen LogP) is 1.86. The maximum atomic E-state index is 13.0. The second-order valence-corrected chi connectivity index (χ2v) is 6.55. The van der Waals surface area contributed by atoms with Gasteiger partial charge in [0.1, 0.15) is 11.5 Å². The third kappa shape index (κ3) is 3.34. The van der Waals surface area contributed by atoms with E-state index < -0.39 is 0 Å². The summed E-state index contributed by atoms with van der Waals surface area (Å²) in [5.74, 6) is 6.17. The number of pyridine rings is 2. The molecule has 1 fully saturated rings. The van der Waals surface area contributed by atoms with E-state index >= 15 is 0 Å². The third-order valence-electron chi connectivity index (χ3n) is 4.82. The highest BCUT2D eigenvalue weighted by Crippen LogP contribution is 2.39. The minimum absolute atomic E-state index is 0.00739. The SMILES string of the molecule is CC#CCNC(=O)c1ccc2c(n1)N(C(=O)Nc1ccccn1)[C@H]1CCN2C1. The van der Waals surface area contributed by atoms with Crippen molar-refractivity contribution in [3.63, 3.8) is 0 Å². The molecule has 28 heavy (non-hydrogen) atoms. The van der Waals surface area contributed by atoms with Gasteiger partial charge in [0.25, 0.3) is 5.91 Å². The molecular formula is C20H20N6O2. The summed E-state index contributed by atoms with van der Waals surface area (Å²) in [6.07, 6.45) is 2.47. The van der Waals surface area contributed by atoms with E-state index in [1.165, 1.54) is 0 Å². The van der Waals surface area contributed by atoms with Gasteiger partial charge in [0.05, 0.1) is 18.3 Å². The molecule has 0 radical (unpaired) electrons. The monoisotopic (exact) mass is 376 g/mol. The fraction of sp³-hybridized carbons (Fsp3) is 0.300. The molecule has 2 bridgehead atoms. The zero-order chi connectivity index (χ0) is 19.5. The Labute approximate surface area is 163 Å². The summed E-state index contributed by atoms with van der Waals surface area (Å²) in [4.78, 5) is 37.9. The summed E-state index contributed by atoms with van der Waals surface area (Å²) in [5, 5.41) is 5.54. The van der Waals surface area contributed by atoms with Crippen LogP contribution in [0.3, 0.4) is 0 Å². The van der Waals surface area contributed by atoms with Crippen molar-refractivity contribution in [3.05, 3.63) is 42.2 Å². The number of fused-ring (bicyclic) bond motifs is 4. The summed E-state index contributed by atoms with van der Waals surface area (Å²) >= 11 is 0. The van der Waals surface area contributed by atoms with Crippen molar-refractivity contribution in [1.29, 1.82) is 0 Å². The van der Waals surface area contributed by atoms with Crippen molar-refractivity contribution in [2.75, 3.05) is 34.8 Å². The molecule has 142 valence electrons. The number of hydrogen-bond donors (Lipinski definition) is 2. The van der Waals surface area contributed by atoms with E-state index in [4.69, 9.17) is 0 Å². The maximum Gasteiger partial charge on any atom is 0.329 e. The minimum Gasteiger partial charge on any atom is -0.366 e. The van der Waals surface area contributed by atoms with Gasteiger partial charge in [0, 0.05) is 19.3 Å². The Balaban J connectivity index is 1.63. The van der Waals surface area contributed by atoms with Crippen molar-refractivity contribution in [2.24, 2.45) is 0 Å². The van der Waals surface area contributed by atoms with Gasteiger partial charge in [-0.05, 0) is 37.6 Å². The highest BCUT2D eigenvalue weighted by Gasteiger charge is 2.40. The first-order chi connectivity index (χ1) is 13.7. The van der Waals surface area contributed by atoms with Gasteiger partial charge in [0.2, 0.25) is 0 Å². The molecule has 8 nitrogen and oxygen atoms in total. The molecule has 2 N–H and O–H groups in total. The molecule has 0 unspecified atom stereocenters. The zero-order valence-electron chi connectivity index (χ0n) is 15.5. The van der Waals surface area contributed by atoms with Crippen LogP contribution in [0.25, 0.3) is 0 Å². The van der Waals surface area contributed by atoms with Gasteiger partial charge in [0.15, 0.2) is 5.82 Å².